The molecule has 2 heterocycles. The quantitative estimate of drug-likeness (QED) is 0.333. The number of nitrogens with zero attached hydrogens (tertiary/aromatic N) is 3. The third-order valence-electron chi connectivity index (χ3n) is 4.81. The largest absolute Gasteiger partial charge is 0.382 e. The molecular weight excluding hydrogens is 366 g/mol. The van der Waals surface area contributed by atoms with Gasteiger partial charge in [0.25, 0.3) is 0 Å². The molecule has 0 amide bonds. The first-order valence-corrected chi connectivity index (χ1v) is 10.6. The number of rotatable bonds is 8. The average Bonchev–Trinajstić information content (AvgIpc) is 3.10. The summed E-state index contributed by atoms with van der Waals surface area (Å²) in [6.07, 6.45) is 3.20. The minimum absolute atomic E-state index is 0.511. The molecule has 0 saturated heterocycles. The molecule has 28 heavy (non-hydrogen) atoms. The lowest BCUT2D eigenvalue weighted by Crippen LogP contribution is -2.15. The number of fused-ring (bicyclic) bond motifs is 3. The van der Waals surface area contributed by atoms with Gasteiger partial charge in [0.05, 0.1) is 11.0 Å². The Morgan fingerprint density at radius 2 is 1.82 bits per heavy atom. The molecule has 0 spiro atoms. The third-order valence-corrected chi connectivity index (χ3v) is 5.67. The van der Waals surface area contributed by atoms with Crippen molar-refractivity contribution < 1.29 is 0 Å². The highest BCUT2D eigenvalue weighted by Crippen LogP contribution is 2.29. The SMILES string of the molecule is CCCCc1nc2c(N)nc3ccccc3c2n1CCNSc1ccccc1. The summed E-state index contributed by atoms with van der Waals surface area (Å²) in [6, 6.07) is 18.5. The van der Waals surface area contributed by atoms with Crippen LogP contribution in [0.25, 0.3) is 21.9 Å². The molecule has 4 rings (SSSR count). The molecule has 5 nitrogen and oxygen atoms in total. The molecule has 0 radical (unpaired) electrons. The van der Waals surface area contributed by atoms with Crippen molar-refractivity contribution in [2.45, 2.75) is 37.6 Å². The van der Waals surface area contributed by atoms with E-state index in [4.69, 9.17) is 10.7 Å². The van der Waals surface area contributed by atoms with Crippen LogP contribution in [0.4, 0.5) is 5.82 Å². The number of aryl methyl sites for hydroxylation is 1. The van der Waals surface area contributed by atoms with Gasteiger partial charge in [-0.25, -0.2) is 9.97 Å². The van der Waals surface area contributed by atoms with Gasteiger partial charge in [0, 0.05) is 29.8 Å². The van der Waals surface area contributed by atoms with E-state index < -0.39 is 0 Å². The molecule has 6 heteroatoms. The number of anilines is 1. The van der Waals surface area contributed by atoms with E-state index in [1.54, 1.807) is 11.9 Å². The molecule has 0 atom stereocenters. The van der Waals surface area contributed by atoms with Crippen molar-refractivity contribution in [2.24, 2.45) is 0 Å². The predicted molar refractivity (Wildman–Crippen MR) is 118 cm³/mol. The Balaban J connectivity index is 1.65. The second-order valence-electron chi connectivity index (χ2n) is 6.80. The molecule has 0 saturated carbocycles. The van der Waals surface area contributed by atoms with E-state index in [1.165, 1.54) is 4.90 Å². The first kappa shape index (κ1) is 18.8. The molecule has 0 aliphatic carbocycles. The van der Waals surface area contributed by atoms with Crippen molar-refractivity contribution in [3.63, 3.8) is 0 Å². The lowest BCUT2D eigenvalue weighted by Gasteiger charge is -2.11. The zero-order chi connectivity index (χ0) is 19.3. The molecule has 0 aliphatic heterocycles. The Hall–Kier alpha value is -2.57. The Labute approximate surface area is 169 Å². The number of nitrogen functional groups attached to an aromatic ring is 1. The fourth-order valence-corrected chi connectivity index (χ4v) is 4.11. The number of hydrogen-bond acceptors (Lipinski definition) is 5. The van der Waals surface area contributed by atoms with Crippen molar-refractivity contribution in [1.29, 1.82) is 0 Å². The van der Waals surface area contributed by atoms with Crippen molar-refractivity contribution in [3.05, 3.63) is 60.4 Å². The van der Waals surface area contributed by atoms with Crippen LogP contribution in [0.2, 0.25) is 0 Å². The number of para-hydroxylation sites is 1. The monoisotopic (exact) mass is 391 g/mol. The topological polar surface area (TPSA) is 68.8 Å². The van der Waals surface area contributed by atoms with Gasteiger partial charge >= 0.3 is 0 Å². The van der Waals surface area contributed by atoms with Crippen LogP contribution in [0.5, 0.6) is 0 Å². The highest BCUT2D eigenvalue weighted by molar-refractivity contribution is 7.97. The van der Waals surface area contributed by atoms with Gasteiger partial charge in [0.2, 0.25) is 0 Å². The van der Waals surface area contributed by atoms with Gasteiger partial charge < -0.3 is 10.3 Å². The molecular formula is C22H25N5S. The Kier molecular flexibility index (Phi) is 5.78. The van der Waals surface area contributed by atoms with E-state index in [1.807, 2.05) is 24.3 Å². The Morgan fingerprint density at radius 1 is 1.04 bits per heavy atom. The fourth-order valence-electron chi connectivity index (χ4n) is 3.45. The van der Waals surface area contributed by atoms with E-state index in [0.717, 1.165) is 60.1 Å². The highest BCUT2D eigenvalue weighted by Gasteiger charge is 2.16. The summed E-state index contributed by atoms with van der Waals surface area (Å²) in [4.78, 5) is 10.6. The van der Waals surface area contributed by atoms with Crippen LogP contribution < -0.4 is 10.5 Å². The summed E-state index contributed by atoms with van der Waals surface area (Å²) in [7, 11) is 0. The summed E-state index contributed by atoms with van der Waals surface area (Å²) in [5, 5.41) is 1.11. The molecule has 0 fully saturated rings. The van der Waals surface area contributed by atoms with Gasteiger partial charge in [0.15, 0.2) is 5.82 Å². The van der Waals surface area contributed by atoms with E-state index >= 15 is 0 Å². The van der Waals surface area contributed by atoms with Gasteiger partial charge in [-0.05, 0) is 36.6 Å². The van der Waals surface area contributed by atoms with Gasteiger partial charge in [-0.3, -0.25) is 4.72 Å². The number of aromatic nitrogens is 3. The van der Waals surface area contributed by atoms with E-state index in [9.17, 15) is 0 Å². The zero-order valence-electron chi connectivity index (χ0n) is 16.1. The second-order valence-corrected chi connectivity index (χ2v) is 7.77. The van der Waals surface area contributed by atoms with E-state index in [0.29, 0.717) is 5.82 Å². The molecule has 0 unspecified atom stereocenters. The number of hydrogen-bond donors (Lipinski definition) is 2. The summed E-state index contributed by atoms with van der Waals surface area (Å²) >= 11 is 1.66. The van der Waals surface area contributed by atoms with Gasteiger partial charge in [0.1, 0.15) is 11.3 Å². The van der Waals surface area contributed by atoms with Crippen molar-refractivity contribution in [1.82, 2.24) is 19.3 Å². The van der Waals surface area contributed by atoms with Crippen LogP contribution in [-0.2, 0) is 13.0 Å². The van der Waals surface area contributed by atoms with Crippen molar-refractivity contribution >= 4 is 39.7 Å². The molecule has 0 aliphatic rings. The molecule has 2 aromatic carbocycles. The Bertz CT molecular complexity index is 1070. The van der Waals surface area contributed by atoms with E-state index in [2.05, 4.69) is 51.5 Å². The lowest BCUT2D eigenvalue weighted by atomic mass is 10.2. The fraction of sp³-hybridized carbons (Fsp3) is 0.273. The molecule has 144 valence electrons. The maximum absolute atomic E-state index is 6.26. The molecule has 3 N–H and O–H groups in total. The first-order chi connectivity index (χ1) is 13.8. The van der Waals surface area contributed by atoms with Crippen LogP contribution >= 0.6 is 11.9 Å². The van der Waals surface area contributed by atoms with Crippen LogP contribution in [-0.4, -0.2) is 21.1 Å². The minimum atomic E-state index is 0.511. The van der Waals surface area contributed by atoms with Gasteiger partial charge in [-0.2, -0.15) is 0 Å². The average molecular weight is 392 g/mol. The molecule has 2 aromatic heterocycles. The summed E-state index contributed by atoms with van der Waals surface area (Å²) < 4.78 is 5.80. The Morgan fingerprint density at radius 3 is 2.64 bits per heavy atom. The molecule has 4 aromatic rings. The summed E-state index contributed by atoms with van der Waals surface area (Å²) in [6.45, 7) is 3.87. The third kappa shape index (κ3) is 3.84. The molecule has 0 bridgehead atoms. The minimum Gasteiger partial charge on any atom is -0.382 e. The predicted octanol–water partition coefficient (Wildman–Crippen LogP) is 4.81. The van der Waals surface area contributed by atoms with Crippen LogP contribution in [0.1, 0.15) is 25.6 Å². The van der Waals surface area contributed by atoms with Crippen molar-refractivity contribution in [3.8, 4) is 0 Å². The van der Waals surface area contributed by atoms with Gasteiger partial charge in [-0.1, -0.05) is 49.7 Å². The number of nitrogens with one attached hydrogen (secondary N) is 1. The number of pyridine rings is 1. The summed E-state index contributed by atoms with van der Waals surface area (Å²) in [5.41, 5.74) is 9.09. The van der Waals surface area contributed by atoms with Crippen LogP contribution in [0, 0.1) is 0 Å². The van der Waals surface area contributed by atoms with Crippen LogP contribution in [0.15, 0.2) is 59.5 Å². The number of imidazole rings is 1. The lowest BCUT2D eigenvalue weighted by molar-refractivity contribution is 0.641. The van der Waals surface area contributed by atoms with E-state index in [-0.39, 0.29) is 0 Å². The highest BCUT2D eigenvalue weighted by atomic mass is 32.2. The number of nitrogens with two attached hydrogens (primary N) is 1. The maximum atomic E-state index is 6.26. The maximum Gasteiger partial charge on any atom is 0.152 e. The number of unbranched alkanes of at least 4 members (excludes halogenated alkanes) is 1. The summed E-state index contributed by atoms with van der Waals surface area (Å²) in [5.74, 6) is 1.60. The van der Waals surface area contributed by atoms with Gasteiger partial charge in [-0.15, -0.1) is 0 Å². The van der Waals surface area contributed by atoms with Crippen molar-refractivity contribution in [2.75, 3.05) is 12.3 Å². The van der Waals surface area contributed by atoms with Crippen LogP contribution in [0.3, 0.4) is 0 Å². The normalized spacial score (nSPS) is 11.5. The smallest absolute Gasteiger partial charge is 0.152 e. The number of benzene rings is 2. The zero-order valence-corrected chi connectivity index (χ0v) is 16.9. The first-order valence-electron chi connectivity index (χ1n) is 9.76. The second kappa shape index (κ2) is 8.63. The standard InChI is InChI=1S/C22H25N5S/c1-2-3-13-19-26-20-21(17-11-7-8-12-18(17)25-22(20)23)27(19)15-14-24-28-16-9-5-4-6-10-16/h4-12,24H,2-3,13-15H2,1H3,(H2,23,25).